The molecule has 10 nitrogen and oxygen atoms in total. The van der Waals surface area contributed by atoms with Gasteiger partial charge in [0, 0.05) is 31.6 Å². The monoisotopic (exact) mass is 634 g/mol. The molecule has 2 saturated heterocycles. The summed E-state index contributed by atoms with van der Waals surface area (Å²) in [7, 11) is -2.13. The number of carbonyl (C=O) groups excluding carboxylic acids is 1. The van der Waals surface area contributed by atoms with Crippen LogP contribution in [0.1, 0.15) is 74.0 Å². The highest BCUT2D eigenvalue weighted by Gasteiger charge is 2.56. The third kappa shape index (κ3) is 6.85. The Morgan fingerprint density at radius 2 is 1.80 bits per heavy atom. The van der Waals surface area contributed by atoms with E-state index in [9.17, 15) is 13.2 Å². The summed E-state index contributed by atoms with van der Waals surface area (Å²) in [6.45, 7) is 5.00. The summed E-state index contributed by atoms with van der Waals surface area (Å²) >= 11 is 0. The molecule has 1 atom stereocenters. The van der Waals surface area contributed by atoms with Gasteiger partial charge in [0.25, 0.3) is 5.91 Å². The largest absolute Gasteiger partial charge is 0.492 e. The Morgan fingerprint density at radius 3 is 2.43 bits per heavy atom. The normalized spacial score (nSPS) is 21.8. The van der Waals surface area contributed by atoms with Crippen LogP contribution < -0.4 is 14.2 Å². The Kier molecular flexibility index (Phi) is 8.84. The van der Waals surface area contributed by atoms with Crippen LogP contribution in [0.3, 0.4) is 0 Å². The molecule has 3 heterocycles. The summed E-state index contributed by atoms with van der Waals surface area (Å²) in [6, 6.07) is 5.61. The van der Waals surface area contributed by atoms with Crippen LogP contribution in [0.4, 0.5) is 8.78 Å². The maximum absolute atomic E-state index is 15.0. The second-order valence-electron chi connectivity index (χ2n) is 12.8. The average molecular weight is 635 g/mol. The molecular formula is C31H40F2N4O6S. The summed E-state index contributed by atoms with van der Waals surface area (Å²) in [6.07, 6.45) is 7.55. The fourth-order valence-corrected chi connectivity index (χ4v) is 7.59. The van der Waals surface area contributed by atoms with E-state index in [-0.39, 0.29) is 30.7 Å². The van der Waals surface area contributed by atoms with Crippen molar-refractivity contribution in [2.75, 3.05) is 39.8 Å². The van der Waals surface area contributed by atoms with Gasteiger partial charge in [-0.25, -0.2) is 9.11 Å². The number of piperidine rings is 1. The topological polar surface area (TPSA) is 110 Å². The standard InChI is InChI=1S/C31H40F2N4O6S/c1-3-26(25-8-6-22(16-34-25)41-17-20-4-5-20)43-27-9-7-24(28(32)29(27)33)30(38)35-44(39,40)37-18-31(19-37)14-23(15-31)42-21-10-12-36(2)13-11-21/h6-9,16,20-21,23,26H,3-5,10-15,17-19H2,1-2H3,(H,35,38)/t26-/m1/s1. The minimum absolute atomic E-state index is 0.120. The van der Waals surface area contributed by atoms with E-state index < -0.39 is 45.2 Å². The number of likely N-dealkylation sites (tertiary alicyclic amines) is 1. The van der Waals surface area contributed by atoms with Crippen LogP contribution in [0.25, 0.3) is 0 Å². The maximum Gasteiger partial charge on any atom is 0.304 e. The smallest absolute Gasteiger partial charge is 0.304 e. The molecule has 1 aromatic heterocycles. The number of benzene rings is 1. The zero-order valence-electron chi connectivity index (χ0n) is 25.1. The molecule has 2 aromatic rings. The number of ether oxygens (including phenoxy) is 3. The van der Waals surface area contributed by atoms with Crippen molar-refractivity contribution in [3.05, 3.63) is 53.4 Å². The summed E-state index contributed by atoms with van der Waals surface area (Å²) in [4.78, 5) is 19.4. The highest BCUT2D eigenvalue weighted by Crippen LogP contribution is 2.51. The summed E-state index contributed by atoms with van der Waals surface area (Å²) in [5.41, 5.74) is -0.372. The lowest BCUT2D eigenvalue weighted by Crippen LogP contribution is -2.67. The van der Waals surface area contributed by atoms with Crippen molar-refractivity contribution >= 4 is 16.1 Å². The van der Waals surface area contributed by atoms with Crippen molar-refractivity contribution in [2.45, 2.75) is 70.2 Å². The predicted octanol–water partition coefficient (Wildman–Crippen LogP) is 4.23. The van der Waals surface area contributed by atoms with E-state index in [1.54, 1.807) is 18.3 Å². The average Bonchev–Trinajstić information content (AvgIpc) is 3.79. The van der Waals surface area contributed by atoms with Crippen LogP contribution in [0, 0.1) is 23.0 Å². The molecule has 44 heavy (non-hydrogen) atoms. The van der Waals surface area contributed by atoms with Crippen molar-refractivity contribution in [3.63, 3.8) is 0 Å². The molecular weight excluding hydrogens is 594 g/mol. The molecule has 0 unspecified atom stereocenters. The van der Waals surface area contributed by atoms with Gasteiger partial charge in [-0.2, -0.15) is 17.1 Å². The van der Waals surface area contributed by atoms with Gasteiger partial charge >= 0.3 is 10.2 Å². The van der Waals surface area contributed by atoms with E-state index >= 15 is 8.78 Å². The van der Waals surface area contributed by atoms with Crippen LogP contribution in [0.5, 0.6) is 11.5 Å². The molecule has 1 aromatic carbocycles. The first-order valence-electron chi connectivity index (χ1n) is 15.4. The van der Waals surface area contributed by atoms with E-state index in [2.05, 4.69) is 16.9 Å². The molecule has 1 spiro atoms. The highest BCUT2D eigenvalue weighted by molar-refractivity contribution is 7.87. The zero-order valence-corrected chi connectivity index (χ0v) is 26.0. The third-order valence-corrected chi connectivity index (χ3v) is 10.5. The number of pyridine rings is 1. The number of hydrogen-bond donors (Lipinski definition) is 1. The number of rotatable bonds is 12. The van der Waals surface area contributed by atoms with Gasteiger partial charge in [0.15, 0.2) is 11.6 Å². The molecule has 2 aliphatic heterocycles. The van der Waals surface area contributed by atoms with Gasteiger partial charge in [-0.3, -0.25) is 9.78 Å². The van der Waals surface area contributed by atoms with Gasteiger partial charge in [-0.05, 0) is 82.2 Å². The molecule has 13 heteroatoms. The second kappa shape index (κ2) is 12.5. The predicted molar refractivity (Wildman–Crippen MR) is 157 cm³/mol. The highest BCUT2D eigenvalue weighted by atomic mass is 32.2. The van der Waals surface area contributed by atoms with Gasteiger partial charge in [-0.1, -0.05) is 6.92 Å². The number of halogens is 2. The Morgan fingerprint density at radius 1 is 1.07 bits per heavy atom. The van der Waals surface area contributed by atoms with Crippen LogP contribution >= 0.6 is 0 Å². The van der Waals surface area contributed by atoms with E-state index in [1.165, 1.54) is 12.8 Å². The fourth-order valence-electron chi connectivity index (χ4n) is 6.23. The molecule has 240 valence electrons. The van der Waals surface area contributed by atoms with Crippen molar-refractivity contribution in [3.8, 4) is 11.5 Å². The quantitative estimate of drug-likeness (QED) is 0.370. The Hall–Kier alpha value is -2.87. The van der Waals surface area contributed by atoms with E-state index in [0.717, 1.165) is 55.2 Å². The van der Waals surface area contributed by atoms with E-state index in [4.69, 9.17) is 14.2 Å². The van der Waals surface area contributed by atoms with Gasteiger partial charge < -0.3 is 19.1 Å². The molecule has 2 saturated carbocycles. The second-order valence-corrected chi connectivity index (χ2v) is 14.5. The first-order chi connectivity index (χ1) is 21.0. The molecule has 2 aliphatic carbocycles. The molecule has 1 N–H and O–H groups in total. The minimum atomic E-state index is -4.23. The first-order valence-corrected chi connectivity index (χ1v) is 16.9. The Labute approximate surface area is 257 Å². The number of hydrogen-bond acceptors (Lipinski definition) is 8. The van der Waals surface area contributed by atoms with Gasteiger partial charge in [0.05, 0.1) is 36.3 Å². The third-order valence-electron chi connectivity index (χ3n) is 9.16. The molecule has 6 rings (SSSR count). The molecule has 4 fully saturated rings. The van der Waals surface area contributed by atoms with Crippen molar-refractivity contribution in [1.29, 1.82) is 0 Å². The zero-order chi connectivity index (χ0) is 31.1. The van der Waals surface area contributed by atoms with Crippen LogP contribution in [0.2, 0.25) is 0 Å². The first kappa shape index (κ1) is 31.1. The summed E-state index contributed by atoms with van der Waals surface area (Å²) in [5.74, 6) is -3.30. The van der Waals surface area contributed by atoms with Crippen LogP contribution in [0.15, 0.2) is 30.5 Å². The van der Waals surface area contributed by atoms with Crippen molar-refractivity contribution < 1.29 is 36.2 Å². The van der Waals surface area contributed by atoms with Gasteiger partial charge in [0.1, 0.15) is 11.9 Å². The number of amides is 1. The summed E-state index contributed by atoms with van der Waals surface area (Å²) < 4.78 is 76.4. The number of nitrogens with zero attached hydrogens (tertiary/aromatic N) is 3. The lowest BCUT2D eigenvalue weighted by molar-refractivity contribution is -0.158. The van der Waals surface area contributed by atoms with E-state index in [0.29, 0.717) is 30.4 Å². The van der Waals surface area contributed by atoms with E-state index in [1.807, 2.05) is 11.6 Å². The van der Waals surface area contributed by atoms with Crippen LogP contribution in [-0.4, -0.2) is 80.6 Å². The van der Waals surface area contributed by atoms with Crippen molar-refractivity contribution in [1.82, 2.24) is 18.9 Å². The Bertz CT molecular complexity index is 1450. The molecule has 4 aliphatic rings. The number of aromatic nitrogens is 1. The number of nitrogens with one attached hydrogen (secondary N) is 1. The lowest BCUT2D eigenvalue weighted by Gasteiger charge is -2.58. The Balaban J connectivity index is 1.01. The molecule has 1 amide bonds. The minimum Gasteiger partial charge on any atom is -0.492 e. The summed E-state index contributed by atoms with van der Waals surface area (Å²) in [5, 5.41) is 0. The number of carbonyl (C=O) groups is 1. The molecule has 0 radical (unpaired) electrons. The van der Waals surface area contributed by atoms with Gasteiger partial charge in [-0.15, -0.1) is 0 Å². The maximum atomic E-state index is 15.0. The molecule has 0 bridgehead atoms. The SMILES string of the molecule is CC[C@@H](Oc1ccc(C(=O)NS(=O)(=O)N2CC3(CC(OC4CCN(C)CC4)C3)C2)c(F)c1F)c1ccc(OCC2CC2)cn1. The van der Waals surface area contributed by atoms with Crippen molar-refractivity contribution in [2.24, 2.45) is 11.3 Å². The fraction of sp³-hybridized carbons (Fsp3) is 0.613. The lowest BCUT2D eigenvalue weighted by atomic mass is 9.63. The van der Waals surface area contributed by atoms with Crippen LogP contribution in [-0.2, 0) is 14.9 Å². The van der Waals surface area contributed by atoms with Gasteiger partial charge in [0.2, 0.25) is 5.82 Å².